The van der Waals surface area contributed by atoms with Gasteiger partial charge in [0.1, 0.15) is 6.04 Å². The average molecular weight is 357 g/mol. The number of fused-ring (bicyclic) bond motifs is 1. The molecule has 4 rings (SSSR count). The van der Waals surface area contributed by atoms with Gasteiger partial charge in [-0.25, -0.2) is 0 Å². The summed E-state index contributed by atoms with van der Waals surface area (Å²) in [6.07, 6.45) is 2.54. The monoisotopic (exact) mass is 357 g/mol. The van der Waals surface area contributed by atoms with E-state index in [4.69, 9.17) is 0 Å². The van der Waals surface area contributed by atoms with Gasteiger partial charge in [0.25, 0.3) is 5.91 Å². The Labute approximate surface area is 152 Å². The number of carbonyl (C=O) groups is 3. The van der Waals surface area contributed by atoms with Crippen LogP contribution in [0.15, 0.2) is 18.2 Å². The lowest BCUT2D eigenvalue weighted by molar-refractivity contribution is -0.136. The van der Waals surface area contributed by atoms with Crippen molar-refractivity contribution < 1.29 is 19.5 Å². The van der Waals surface area contributed by atoms with E-state index in [-0.39, 0.29) is 30.7 Å². The number of imide groups is 1. The van der Waals surface area contributed by atoms with Gasteiger partial charge in [-0.1, -0.05) is 6.07 Å². The second-order valence-corrected chi connectivity index (χ2v) is 7.35. The Morgan fingerprint density at radius 1 is 1.12 bits per heavy atom. The van der Waals surface area contributed by atoms with Crippen molar-refractivity contribution in [1.82, 2.24) is 10.2 Å². The lowest BCUT2D eigenvalue weighted by Crippen LogP contribution is -2.52. The van der Waals surface area contributed by atoms with Crippen LogP contribution in [0.4, 0.5) is 5.69 Å². The maximum Gasteiger partial charge on any atom is 0.255 e. The maximum absolute atomic E-state index is 12.9. The first-order valence-electron chi connectivity index (χ1n) is 9.20. The molecule has 7 heteroatoms. The molecular weight excluding hydrogens is 334 g/mol. The second-order valence-electron chi connectivity index (χ2n) is 7.35. The van der Waals surface area contributed by atoms with Gasteiger partial charge in [-0.05, 0) is 42.9 Å². The molecule has 1 atom stereocenters. The summed E-state index contributed by atoms with van der Waals surface area (Å²) < 4.78 is 0. The molecule has 3 aliphatic rings. The molecule has 2 N–H and O–H groups in total. The van der Waals surface area contributed by atoms with E-state index in [9.17, 15) is 19.5 Å². The molecule has 0 bridgehead atoms. The first kappa shape index (κ1) is 17.0. The summed E-state index contributed by atoms with van der Waals surface area (Å²) >= 11 is 0. The molecule has 3 heterocycles. The molecule has 3 amide bonds. The van der Waals surface area contributed by atoms with Crippen LogP contribution >= 0.6 is 0 Å². The van der Waals surface area contributed by atoms with E-state index in [1.165, 1.54) is 0 Å². The number of hydrogen-bond acceptors (Lipinski definition) is 5. The fourth-order valence-electron chi connectivity index (χ4n) is 4.11. The number of piperidine rings is 2. The largest absolute Gasteiger partial charge is 0.396 e. The minimum Gasteiger partial charge on any atom is -0.396 e. The van der Waals surface area contributed by atoms with E-state index < -0.39 is 6.04 Å². The van der Waals surface area contributed by atoms with Gasteiger partial charge >= 0.3 is 0 Å². The number of aliphatic hydroxyl groups excluding tert-OH is 1. The molecule has 1 aromatic rings. The van der Waals surface area contributed by atoms with Crippen LogP contribution < -0.4 is 10.2 Å². The molecule has 138 valence electrons. The number of anilines is 1. The van der Waals surface area contributed by atoms with Crippen LogP contribution in [0.2, 0.25) is 0 Å². The zero-order valence-corrected chi connectivity index (χ0v) is 14.6. The number of carbonyl (C=O) groups excluding carboxylic acids is 3. The molecule has 0 spiro atoms. The summed E-state index contributed by atoms with van der Waals surface area (Å²) in [5.74, 6) is -0.426. The van der Waals surface area contributed by atoms with Gasteiger partial charge in [-0.2, -0.15) is 0 Å². The van der Waals surface area contributed by atoms with Crippen LogP contribution in [0.5, 0.6) is 0 Å². The molecule has 0 radical (unpaired) electrons. The van der Waals surface area contributed by atoms with Gasteiger partial charge in [0, 0.05) is 43.9 Å². The third-order valence-corrected chi connectivity index (χ3v) is 5.75. The fourth-order valence-corrected chi connectivity index (χ4v) is 4.11. The Kier molecular flexibility index (Phi) is 4.40. The summed E-state index contributed by atoms with van der Waals surface area (Å²) in [4.78, 5) is 40.1. The van der Waals surface area contributed by atoms with Crippen molar-refractivity contribution in [2.75, 3.05) is 24.6 Å². The highest BCUT2D eigenvalue weighted by molar-refractivity contribution is 6.05. The smallest absolute Gasteiger partial charge is 0.255 e. The molecule has 1 aromatic carbocycles. The van der Waals surface area contributed by atoms with Crippen molar-refractivity contribution >= 4 is 23.4 Å². The highest BCUT2D eigenvalue weighted by atomic mass is 16.3. The quantitative estimate of drug-likeness (QED) is 0.776. The lowest BCUT2D eigenvalue weighted by atomic mass is 9.97. The number of rotatable bonds is 3. The zero-order valence-electron chi connectivity index (χ0n) is 14.6. The standard InChI is InChI=1S/C19H23N3O4/c23-11-12-5-7-21(8-6-12)14-2-1-13-10-22(19(26)15(13)9-14)16-3-4-17(24)20-18(16)25/h1-2,9,12,16,23H,3-8,10-11H2,(H,20,24,25). The number of hydrogen-bond donors (Lipinski definition) is 2. The van der Waals surface area contributed by atoms with Crippen LogP contribution in [0, 0.1) is 5.92 Å². The highest BCUT2D eigenvalue weighted by Gasteiger charge is 2.39. The topological polar surface area (TPSA) is 90.0 Å². The highest BCUT2D eigenvalue weighted by Crippen LogP contribution is 2.31. The van der Waals surface area contributed by atoms with Gasteiger partial charge in [0.15, 0.2) is 0 Å². The van der Waals surface area contributed by atoms with E-state index in [2.05, 4.69) is 10.2 Å². The van der Waals surface area contributed by atoms with Gasteiger partial charge in [-0.15, -0.1) is 0 Å². The Morgan fingerprint density at radius 2 is 1.88 bits per heavy atom. The van der Waals surface area contributed by atoms with Crippen molar-refractivity contribution in [3.8, 4) is 0 Å². The summed E-state index contributed by atoms with van der Waals surface area (Å²) in [6, 6.07) is 5.34. The normalized spacial score (nSPS) is 24.0. The third-order valence-electron chi connectivity index (χ3n) is 5.75. The number of nitrogens with zero attached hydrogens (tertiary/aromatic N) is 2. The Balaban J connectivity index is 1.51. The second kappa shape index (κ2) is 6.72. The SMILES string of the molecule is O=C1CCC(N2Cc3ccc(N4CCC(CO)CC4)cc3C2=O)C(=O)N1. The van der Waals surface area contributed by atoms with Crippen molar-refractivity contribution in [3.05, 3.63) is 29.3 Å². The molecule has 3 aliphatic heterocycles. The number of nitrogens with one attached hydrogen (secondary N) is 1. The van der Waals surface area contributed by atoms with Gasteiger partial charge in [0.05, 0.1) is 0 Å². The van der Waals surface area contributed by atoms with Gasteiger partial charge < -0.3 is 14.9 Å². The van der Waals surface area contributed by atoms with Crippen molar-refractivity contribution in [1.29, 1.82) is 0 Å². The molecule has 2 saturated heterocycles. The van der Waals surface area contributed by atoms with Gasteiger partial charge in [0.2, 0.25) is 11.8 Å². The minimum atomic E-state index is -0.573. The molecule has 2 fully saturated rings. The van der Waals surface area contributed by atoms with E-state index in [1.807, 2.05) is 18.2 Å². The summed E-state index contributed by atoms with van der Waals surface area (Å²) in [5, 5.41) is 11.6. The molecular formula is C19H23N3O4. The van der Waals surface area contributed by atoms with E-state index >= 15 is 0 Å². The minimum absolute atomic E-state index is 0.137. The molecule has 1 unspecified atom stereocenters. The maximum atomic E-state index is 12.9. The van der Waals surface area contributed by atoms with Crippen LogP contribution in [0.3, 0.4) is 0 Å². The van der Waals surface area contributed by atoms with Crippen molar-refractivity contribution in [3.63, 3.8) is 0 Å². The zero-order chi connectivity index (χ0) is 18.3. The van der Waals surface area contributed by atoms with Crippen LogP contribution in [-0.4, -0.2) is 53.5 Å². The Morgan fingerprint density at radius 3 is 2.58 bits per heavy atom. The first-order valence-corrected chi connectivity index (χ1v) is 9.20. The van der Waals surface area contributed by atoms with Crippen LogP contribution in [-0.2, 0) is 16.1 Å². The number of benzene rings is 1. The van der Waals surface area contributed by atoms with Crippen LogP contribution in [0.1, 0.15) is 41.6 Å². The molecule has 0 aromatic heterocycles. The average Bonchev–Trinajstić information content (AvgIpc) is 2.98. The Bertz CT molecular complexity index is 755. The molecule has 26 heavy (non-hydrogen) atoms. The lowest BCUT2D eigenvalue weighted by Gasteiger charge is -2.33. The molecule has 7 nitrogen and oxygen atoms in total. The third kappa shape index (κ3) is 2.96. The summed E-state index contributed by atoms with van der Waals surface area (Å²) in [5.41, 5.74) is 2.59. The van der Waals surface area contributed by atoms with Gasteiger partial charge in [-0.3, -0.25) is 19.7 Å². The summed E-state index contributed by atoms with van der Waals surface area (Å²) in [7, 11) is 0. The van der Waals surface area contributed by atoms with E-state index in [0.717, 1.165) is 37.2 Å². The molecule has 0 saturated carbocycles. The van der Waals surface area contributed by atoms with E-state index in [1.54, 1.807) is 4.90 Å². The summed E-state index contributed by atoms with van der Waals surface area (Å²) in [6.45, 7) is 2.38. The van der Waals surface area contributed by atoms with Crippen molar-refractivity contribution in [2.24, 2.45) is 5.92 Å². The molecule has 0 aliphatic carbocycles. The number of amides is 3. The fraction of sp³-hybridized carbons (Fsp3) is 0.526. The van der Waals surface area contributed by atoms with Crippen molar-refractivity contribution in [2.45, 2.75) is 38.3 Å². The number of aliphatic hydroxyl groups is 1. The predicted octanol–water partition coefficient (Wildman–Crippen LogP) is 0.656. The van der Waals surface area contributed by atoms with Crippen LogP contribution in [0.25, 0.3) is 0 Å². The van der Waals surface area contributed by atoms with E-state index in [0.29, 0.717) is 24.4 Å². The first-order chi connectivity index (χ1) is 12.6. The predicted molar refractivity (Wildman–Crippen MR) is 94.5 cm³/mol. The Hall–Kier alpha value is -2.41.